The molecule has 2 aromatic carbocycles. The number of para-hydroxylation sites is 1. The highest BCUT2D eigenvalue weighted by Gasteiger charge is 2.56. The molecule has 1 aromatic heterocycles. The van der Waals surface area contributed by atoms with Crippen molar-refractivity contribution in [2.75, 3.05) is 17.3 Å². The van der Waals surface area contributed by atoms with Crippen LogP contribution in [-0.4, -0.2) is 28.6 Å². The molecule has 0 aliphatic carbocycles. The molecule has 1 N–H and O–H groups in total. The summed E-state index contributed by atoms with van der Waals surface area (Å²) in [6, 6.07) is 14.8. The molecule has 134 valence electrons. The highest BCUT2D eigenvalue weighted by atomic mass is 35.5. The van der Waals surface area contributed by atoms with Crippen LogP contribution in [0.4, 0.5) is 11.5 Å². The lowest BCUT2D eigenvalue weighted by molar-refractivity contribution is -0.126. The lowest BCUT2D eigenvalue weighted by Gasteiger charge is -2.32. The summed E-state index contributed by atoms with van der Waals surface area (Å²) in [4.78, 5) is 27.6. The molecule has 2 aliphatic heterocycles. The van der Waals surface area contributed by atoms with Gasteiger partial charge in [0.1, 0.15) is 11.2 Å². The maximum absolute atomic E-state index is 13.3. The van der Waals surface area contributed by atoms with E-state index in [9.17, 15) is 9.59 Å². The topological polar surface area (TPSA) is 67.2 Å². The first-order chi connectivity index (χ1) is 13.0. The Kier molecular flexibility index (Phi) is 3.24. The van der Waals surface area contributed by atoms with E-state index in [1.807, 2.05) is 36.4 Å². The third kappa shape index (κ3) is 2.04. The Hall–Kier alpha value is -3.12. The standard InChI is InChI=1S/C20H15ClN4O2/c1-24-16-5-3-2-4-14(16)20(19(24)27)10-17(26)23-18-15(20)11-22-25(18)13-8-6-12(21)7-9-13/h2-9,11H,10H2,1H3,(H,23,26)/t20-/m0/s1. The summed E-state index contributed by atoms with van der Waals surface area (Å²) in [6.45, 7) is 0. The molecule has 2 aliphatic rings. The zero-order valence-corrected chi connectivity index (χ0v) is 15.2. The van der Waals surface area contributed by atoms with Gasteiger partial charge in [-0.1, -0.05) is 29.8 Å². The molecule has 0 saturated carbocycles. The normalized spacial score (nSPS) is 20.6. The molecule has 0 radical (unpaired) electrons. The van der Waals surface area contributed by atoms with Crippen LogP contribution in [0.2, 0.25) is 5.02 Å². The van der Waals surface area contributed by atoms with Gasteiger partial charge in [-0.25, -0.2) is 4.68 Å². The van der Waals surface area contributed by atoms with E-state index in [0.717, 1.165) is 16.9 Å². The van der Waals surface area contributed by atoms with Gasteiger partial charge >= 0.3 is 0 Å². The van der Waals surface area contributed by atoms with Crippen LogP contribution in [0, 0.1) is 0 Å². The number of nitrogens with one attached hydrogen (secondary N) is 1. The molecule has 6 nitrogen and oxygen atoms in total. The van der Waals surface area contributed by atoms with Crippen molar-refractivity contribution < 1.29 is 9.59 Å². The molecule has 0 saturated heterocycles. The number of halogens is 1. The van der Waals surface area contributed by atoms with Crippen molar-refractivity contribution in [2.45, 2.75) is 11.8 Å². The first-order valence-electron chi connectivity index (χ1n) is 8.54. The summed E-state index contributed by atoms with van der Waals surface area (Å²) < 4.78 is 1.64. The molecule has 2 amide bonds. The SMILES string of the molecule is CN1C(=O)[C@@]2(CC(=O)Nc3c2cnn3-c2ccc(Cl)cc2)c2ccccc21. The third-order valence-electron chi connectivity index (χ3n) is 5.38. The van der Waals surface area contributed by atoms with Gasteiger partial charge in [-0.2, -0.15) is 5.10 Å². The van der Waals surface area contributed by atoms with E-state index in [0.29, 0.717) is 16.4 Å². The third-order valence-corrected chi connectivity index (χ3v) is 5.63. The van der Waals surface area contributed by atoms with Crippen LogP contribution in [0.15, 0.2) is 54.7 Å². The zero-order chi connectivity index (χ0) is 18.8. The van der Waals surface area contributed by atoms with E-state index < -0.39 is 5.41 Å². The van der Waals surface area contributed by atoms with E-state index in [1.54, 1.807) is 35.0 Å². The van der Waals surface area contributed by atoms with E-state index in [4.69, 9.17) is 11.6 Å². The Morgan fingerprint density at radius 2 is 1.81 bits per heavy atom. The summed E-state index contributed by atoms with van der Waals surface area (Å²) in [5.41, 5.74) is 2.07. The molecule has 7 heteroatoms. The predicted molar refractivity (Wildman–Crippen MR) is 102 cm³/mol. The molecule has 1 spiro atoms. The maximum atomic E-state index is 13.3. The van der Waals surface area contributed by atoms with E-state index in [1.165, 1.54) is 0 Å². The Balaban J connectivity index is 1.77. The van der Waals surface area contributed by atoms with Crippen molar-refractivity contribution in [3.8, 4) is 5.69 Å². The first-order valence-corrected chi connectivity index (χ1v) is 8.92. The smallest absolute Gasteiger partial charge is 0.242 e. The van der Waals surface area contributed by atoms with Crippen LogP contribution < -0.4 is 10.2 Å². The highest BCUT2D eigenvalue weighted by molar-refractivity contribution is 6.30. The minimum atomic E-state index is -1.05. The number of fused-ring (bicyclic) bond motifs is 4. The molecule has 5 rings (SSSR count). The first kappa shape index (κ1) is 16.1. The lowest BCUT2D eigenvalue weighted by Crippen LogP contribution is -2.45. The van der Waals surface area contributed by atoms with Crippen LogP contribution in [0.25, 0.3) is 5.69 Å². The Morgan fingerprint density at radius 1 is 1.07 bits per heavy atom. The van der Waals surface area contributed by atoms with E-state index >= 15 is 0 Å². The van der Waals surface area contributed by atoms with E-state index in [-0.39, 0.29) is 18.2 Å². The van der Waals surface area contributed by atoms with Gasteiger partial charge in [0.05, 0.1) is 11.9 Å². The Morgan fingerprint density at radius 3 is 2.59 bits per heavy atom. The van der Waals surface area contributed by atoms with Crippen LogP contribution in [0.3, 0.4) is 0 Å². The van der Waals surface area contributed by atoms with Crippen molar-refractivity contribution >= 4 is 34.9 Å². The fourth-order valence-corrected chi connectivity index (χ4v) is 4.27. The van der Waals surface area contributed by atoms with Crippen molar-refractivity contribution in [1.82, 2.24) is 9.78 Å². The minimum Gasteiger partial charge on any atom is -0.314 e. The van der Waals surface area contributed by atoms with Gasteiger partial charge in [0.15, 0.2) is 0 Å². The van der Waals surface area contributed by atoms with Crippen molar-refractivity contribution in [1.29, 1.82) is 0 Å². The second-order valence-electron chi connectivity index (χ2n) is 6.81. The summed E-state index contributed by atoms with van der Waals surface area (Å²) in [5.74, 6) is 0.194. The van der Waals surface area contributed by atoms with Gasteiger partial charge < -0.3 is 10.2 Å². The van der Waals surface area contributed by atoms with Gasteiger partial charge in [0, 0.05) is 29.7 Å². The van der Waals surface area contributed by atoms with Gasteiger partial charge in [-0.15, -0.1) is 0 Å². The van der Waals surface area contributed by atoms with Crippen molar-refractivity contribution in [3.05, 3.63) is 70.9 Å². The molecule has 0 unspecified atom stereocenters. The fourth-order valence-electron chi connectivity index (χ4n) is 4.14. The van der Waals surface area contributed by atoms with E-state index in [2.05, 4.69) is 10.4 Å². The van der Waals surface area contributed by atoms with Gasteiger partial charge in [-0.05, 0) is 35.9 Å². The van der Waals surface area contributed by atoms with Gasteiger partial charge in [-0.3, -0.25) is 9.59 Å². The second-order valence-corrected chi connectivity index (χ2v) is 7.24. The predicted octanol–water partition coefficient (Wildman–Crippen LogP) is 3.13. The average Bonchev–Trinajstić information content (AvgIpc) is 3.18. The molecule has 27 heavy (non-hydrogen) atoms. The zero-order valence-electron chi connectivity index (χ0n) is 14.4. The number of benzene rings is 2. The van der Waals surface area contributed by atoms with Crippen LogP contribution in [0.1, 0.15) is 17.5 Å². The molecule has 0 bridgehead atoms. The molecule has 0 fully saturated rings. The molecular weight excluding hydrogens is 364 g/mol. The number of amides is 2. The number of hydrogen-bond donors (Lipinski definition) is 1. The number of likely N-dealkylation sites (N-methyl/N-ethyl adjacent to an activating group) is 1. The number of anilines is 2. The van der Waals surface area contributed by atoms with Crippen molar-refractivity contribution in [2.24, 2.45) is 0 Å². The number of aromatic nitrogens is 2. The lowest BCUT2D eigenvalue weighted by atomic mass is 9.72. The number of nitrogens with zero attached hydrogens (tertiary/aromatic N) is 3. The van der Waals surface area contributed by atoms with Gasteiger partial charge in [0.2, 0.25) is 11.8 Å². The Labute approximate surface area is 160 Å². The number of hydrogen-bond acceptors (Lipinski definition) is 3. The van der Waals surface area contributed by atoms with Gasteiger partial charge in [0.25, 0.3) is 0 Å². The maximum Gasteiger partial charge on any atom is 0.242 e. The Bertz CT molecular complexity index is 1110. The monoisotopic (exact) mass is 378 g/mol. The highest BCUT2D eigenvalue weighted by Crippen LogP contribution is 2.51. The molecule has 3 aromatic rings. The largest absolute Gasteiger partial charge is 0.314 e. The van der Waals surface area contributed by atoms with Crippen LogP contribution >= 0.6 is 11.6 Å². The number of rotatable bonds is 1. The number of carbonyl (C=O) groups excluding carboxylic acids is 2. The summed E-state index contributed by atoms with van der Waals surface area (Å²) in [5, 5.41) is 7.98. The van der Waals surface area contributed by atoms with Crippen LogP contribution in [-0.2, 0) is 15.0 Å². The minimum absolute atomic E-state index is 0.0620. The molecular formula is C20H15ClN4O2. The molecule has 3 heterocycles. The quantitative estimate of drug-likeness (QED) is 0.707. The fraction of sp³-hybridized carbons (Fsp3) is 0.150. The average molecular weight is 379 g/mol. The second kappa shape index (κ2) is 5.44. The summed E-state index contributed by atoms with van der Waals surface area (Å²) in [7, 11) is 1.74. The molecule has 1 atom stereocenters. The van der Waals surface area contributed by atoms with Crippen LogP contribution in [0.5, 0.6) is 0 Å². The number of carbonyl (C=O) groups is 2. The summed E-state index contributed by atoms with van der Waals surface area (Å²) >= 11 is 5.98. The van der Waals surface area contributed by atoms with Crippen molar-refractivity contribution in [3.63, 3.8) is 0 Å². The summed E-state index contributed by atoms with van der Waals surface area (Å²) in [6.07, 6.45) is 1.74.